The molecule has 0 amide bonds. The van der Waals surface area contributed by atoms with E-state index >= 15 is 0 Å². The summed E-state index contributed by atoms with van der Waals surface area (Å²) in [5, 5.41) is 0. The first-order valence-corrected chi connectivity index (χ1v) is 7.61. The van der Waals surface area contributed by atoms with Crippen molar-refractivity contribution in [2.75, 3.05) is 7.11 Å². The van der Waals surface area contributed by atoms with Crippen molar-refractivity contribution in [1.82, 2.24) is 0 Å². The highest BCUT2D eigenvalue weighted by molar-refractivity contribution is 7.80. The molecule has 2 unspecified atom stereocenters. The molecule has 1 aromatic carbocycles. The summed E-state index contributed by atoms with van der Waals surface area (Å²) < 4.78 is 11.4. The summed E-state index contributed by atoms with van der Waals surface area (Å²) in [5.41, 5.74) is 7.54. The Hall–Kier alpha value is -1.13. The van der Waals surface area contributed by atoms with E-state index in [0.29, 0.717) is 23.6 Å². The molecule has 2 N–H and O–H groups in total. The highest BCUT2D eigenvalue weighted by atomic mass is 32.1. The Labute approximate surface area is 126 Å². The van der Waals surface area contributed by atoms with Crippen LogP contribution in [0.15, 0.2) is 18.2 Å². The summed E-state index contributed by atoms with van der Waals surface area (Å²) in [6.45, 7) is 2.89. The molecule has 1 fully saturated rings. The third-order valence-corrected chi connectivity index (χ3v) is 4.25. The molecule has 4 heteroatoms. The van der Waals surface area contributed by atoms with Crippen LogP contribution in [-0.2, 0) is 11.3 Å². The van der Waals surface area contributed by atoms with Gasteiger partial charge in [0.15, 0.2) is 0 Å². The van der Waals surface area contributed by atoms with Gasteiger partial charge in [0.05, 0.1) is 25.4 Å². The summed E-state index contributed by atoms with van der Waals surface area (Å²) in [4.78, 5) is 0.357. The molecule has 0 aliphatic heterocycles. The van der Waals surface area contributed by atoms with E-state index in [9.17, 15) is 0 Å². The minimum Gasteiger partial charge on any atom is -0.496 e. The van der Waals surface area contributed by atoms with E-state index < -0.39 is 0 Å². The maximum atomic E-state index is 6.06. The predicted octanol–water partition coefficient (Wildman–Crippen LogP) is 3.42. The molecule has 1 aliphatic carbocycles. The minimum atomic E-state index is 0.357. The van der Waals surface area contributed by atoms with Crippen LogP contribution in [0, 0.1) is 5.92 Å². The molecule has 1 aromatic rings. The number of rotatable bonds is 5. The highest BCUT2D eigenvalue weighted by Gasteiger charge is 2.21. The molecular formula is C16H23NO2S. The summed E-state index contributed by atoms with van der Waals surface area (Å²) >= 11 is 5.01. The molecule has 3 nitrogen and oxygen atoms in total. The van der Waals surface area contributed by atoms with Crippen LogP contribution in [0.2, 0.25) is 0 Å². The van der Waals surface area contributed by atoms with E-state index in [0.717, 1.165) is 16.9 Å². The normalized spacial score (nSPS) is 22.5. The monoisotopic (exact) mass is 293 g/mol. The number of ether oxygens (including phenoxy) is 2. The van der Waals surface area contributed by atoms with Crippen molar-refractivity contribution in [2.45, 2.75) is 45.3 Å². The maximum absolute atomic E-state index is 6.06. The average Bonchev–Trinajstić information content (AvgIpc) is 2.46. The van der Waals surface area contributed by atoms with Gasteiger partial charge in [-0.2, -0.15) is 0 Å². The van der Waals surface area contributed by atoms with Crippen molar-refractivity contribution in [1.29, 1.82) is 0 Å². The fourth-order valence-corrected chi connectivity index (χ4v) is 2.93. The van der Waals surface area contributed by atoms with Crippen LogP contribution in [0.5, 0.6) is 5.75 Å². The van der Waals surface area contributed by atoms with Gasteiger partial charge in [-0.25, -0.2) is 0 Å². The van der Waals surface area contributed by atoms with Crippen molar-refractivity contribution in [3.05, 3.63) is 29.3 Å². The van der Waals surface area contributed by atoms with E-state index in [1.165, 1.54) is 25.7 Å². The van der Waals surface area contributed by atoms with Crippen molar-refractivity contribution >= 4 is 17.2 Å². The van der Waals surface area contributed by atoms with Crippen molar-refractivity contribution in [3.8, 4) is 5.75 Å². The Morgan fingerprint density at radius 3 is 2.75 bits per heavy atom. The van der Waals surface area contributed by atoms with E-state index in [2.05, 4.69) is 6.92 Å². The molecule has 0 spiro atoms. The van der Waals surface area contributed by atoms with E-state index in [-0.39, 0.29) is 0 Å². The van der Waals surface area contributed by atoms with E-state index in [1.54, 1.807) is 7.11 Å². The van der Waals surface area contributed by atoms with Crippen LogP contribution in [0.25, 0.3) is 0 Å². The van der Waals surface area contributed by atoms with Crippen molar-refractivity contribution < 1.29 is 9.47 Å². The van der Waals surface area contributed by atoms with Crippen LogP contribution in [0.1, 0.15) is 43.7 Å². The zero-order chi connectivity index (χ0) is 14.5. The standard InChI is InChI=1S/C16H23NO2S/c1-11-5-3-4-6-14(11)19-10-12-7-8-13(16(17)20)15(9-12)18-2/h7-9,11,14H,3-6,10H2,1-2H3,(H2,17,20). The van der Waals surface area contributed by atoms with Gasteiger partial charge >= 0.3 is 0 Å². The first kappa shape index (κ1) is 15.3. The lowest BCUT2D eigenvalue weighted by molar-refractivity contribution is -0.0155. The molecule has 1 saturated carbocycles. The molecular weight excluding hydrogens is 270 g/mol. The van der Waals surface area contributed by atoms with E-state index in [4.69, 9.17) is 27.4 Å². The molecule has 0 radical (unpaired) electrons. The Morgan fingerprint density at radius 1 is 1.35 bits per heavy atom. The number of benzene rings is 1. The summed E-state index contributed by atoms with van der Waals surface area (Å²) in [6.07, 6.45) is 5.43. The van der Waals surface area contributed by atoms with Gasteiger partial charge in [-0.05, 0) is 36.5 Å². The predicted molar refractivity (Wildman–Crippen MR) is 85.1 cm³/mol. The van der Waals surface area contributed by atoms with Gasteiger partial charge in [0.1, 0.15) is 10.7 Å². The van der Waals surface area contributed by atoms with Gasteiger partial charge in [0, 0.05) is 0 Å². The second kappa shape index (κ2) is 7.04. The van der Waals surface area contributed by atoms with Crippen molar-refractivity contribution in [3.63, 3.8) is 0 Å². The molecule has 0 bridgehead atoms. The first-order valence-electron chi connectivity index (χ1n) is 7.20. The Balaban J connectivity index is 2.01. The van der Waals surface area contributed by atoms with Crippen LogP contribution in [0.3, 0.4) is 0 Å². The van der Waals surface area contributed by atoms with Gasteiger partial charge in [0.25, 0.3) is 0 Å². The third kappa shape index (κ3) is 3.70. The lowest BCUT2D eigenvalue weighted by atomic mass is 9.88. The Morgan fingerprint density at radius 2 is 2.10 bits per heavy atom. The smallest absolute Gasteiger partial charge is 0.129 e. The van der Waals surface area contributed by atoms with Crippen LogP contribution < -0.4 is 10.5 Å². The number of thiocarbonyl (C=S) groups is 1. The zero-order valence-corrected chi connectivity index (χ0v) is 13.0. The molecule has 2 atom stereocenters. The summed E-state index contributed by atoms with van der Waals surface area (Å²) in [5.74, 6) is 1.37. The lowest BCUT2D eigenvalue weighted by Crippen LogP contribution is -2.25. The van der Waals surface area contributed by atoms with Crippen LogP contribution in [0.4, 0.5) is 0 Å². The first-order chi connectivity index (χ1) is 9.61. The molecule has 1 aliphatic rings. The number of methoxy groups -OCH3 is 1. The largest absolute Gasteiger partial charge is 0.496 e. The highest BCUT2D eigenvalue weighted by Crippen LogP contribution is 2.28. The third-order valence-electron chi connectivity index (χ3n) is 4.03. The second-order valence-electron chi connectivity index (χ2n) is 5.51. The quantitative estimate of drug-likeness (QED) is 0.845. The molecule has 2 rings (SSSR count). The number of hydrogen-bond acceptors (Lipinski definition) is 3. The molecule has 0 heterocycles. The van der Waals surface area contributed by atoms with Gasteiger partial charge in [-0.3, -0.25) is 0 Å². The number of nitrogens with two attached hydrogens (primary N) is 1. The SMILES string of the molecule is COc1cc(COC2CCCCC2C)ccc1C(N)=S. The van der Waals surface area contributed by atoms with Crippen LogP contribution in [-0.4, -0.2) is 18.2 Å². The van der Waals surface area contributed by atoms with Crippen LogP contribution >= 0.6 is 12.2 Å². The topological polar surface area (TPSA) is 44.5 Å². The Bertz CT molecular complexity index is 476. The Kier molecular flexibility index (Phi) is 5.38. The molecule has 0 aromatic heterocycles. The molecule has 110 valence electrons. The van der Waals surface area contributed by atoms with Gasteiger partial charge in [-0.15, -0.1) is 0 Å². The summed E-state index contributed by atoms with van der Waals surface area (Å²) in [7, 11) is 1.63. The lowest BCUT2D eigenvalue weighted by Gasteiger charge is -2.28. The zero-order valence-electron chi connectivity index (χ0n) is 12.2. The maximum Gasteiger partial charge on any atom is 0.129 e. The van der Waals surface area contributed by atoms with Crippen molar-refractivity contribution in [2.24, 2.45) is 11.7 Å². The second-order valence-corrected chi connectivity index (χ2v) is 5.95. The average molecular weight is 293 g/mol. The van der Waals surface area contributed by atoms with Gasteiger partial charge in [0.2, 0.25) is 0 Å². The molecule has 0 saturated heterocycles. The van der Waals surface area contributed by atoms with E-state index in [1.807, 2.05) is 18.2 Å². The number of hydrogen-bond donors (Lipinski definition) is 1. The summed E-state index contributed by atoms with van der Waals surface area (Å²) in [6, 6.07) is 5.87. The minimum absolute atomic E-state index is 0.357. The fourth-order valence-electron chi connectivity index (χ4n) is 2.76. The molecule has 20 heavy (non-hydrogen) atoms. The van der Waals surface area contributed by atoms with Gasteiger partial charge in [-0.1, -0.05) is 38.0 Å². The van der Waals surface area contributed by atoms with Gasteiger partial charge < -0.3 is 15.2 Å². The fraction of sp³-hybridized carbons (Fsp3) is 0.562.